The van der Waals surface area contributed by atoms with E-state index in [-0.39, 0.29) is 5.91 Å². The number of methoxy groups -OCH3 is 1. The molecule has 2 aromatic rings. The van der Waals surface area contributed by atoms with Crippen molar-refractivity contribution in [3.8, 4) is 5.75 Å². The van der Waals surface area contributed by atoms with E-state index in [0.717, 1.165) is 55.2 Å². The third kappa shape index (κ3) is 5.40. The Morgan fingerprint density at radius 3 is 2.90 bits per heavy atom. The smallest absolute Gasteiger partial charge is 0.224 e. The largest absolute Gasteiger partial charge is 0.495 e. The van der Waals surface area contributed by atoms with Crippen LogP contribution in [0, 0.1) is 12.8 Å². The number of nitrogens with zero attached hydrogens (tertiary/aromatic N) is 3. The van der Waals surface area contributed by atoms with Crippen molar-refractivity contribution >= 4 is 23.2 Å². The molecule has 7 heteroatoms. The molecule has 1 aromatic carbocycles. The van der Waals surface area contributed by atoms with Crippen LogP contribution in [-0.2, 0) is 4.79 Å². The molecule has 1 aromatic heterocycles. The molecule has 0 bridgehead atoms. The van der Waals surface area contributed by atoms with Crippen LogP contribution in [0.4, 0.5) is 17.3 Å². The number of piperidine rings is 1. The van der Waals surface area contributed by atoms with E-state index in [2.05, 4.69) is 31.6 Å². The standard InChI is InChI=1S/C23H31N5O2/c1-16-5-9-20(30-2)19(12-16)27-23(29)10-6-17-4-3-11-28(14-17)22-13-21(24-15-25-22)26-18-7-8-18/h5,9,12-13,15,17-18H,3-4,6-8,10-11,14H2,1-2H3,(H,27,29)(H,24,25,26). The van der Waals surface area contributed by atoms with Crippen molar-refractivity contribution in [2.75, 3.05) is 35.7 Å². The number of amides is 1. The lowest BCUT2D eigenvalue weighted by molar-refractivity contribution is -0.116. The molecule has 1 aliphatic heterocycles. The van der Waals surface area contributed by atoms with Gasteiger partial charge >= 0.3 is 0 Å². The maximum absolute atomic E-state index is 12.5. The highest BCUT2D eigenvalue weighted by Crippen LogP contribution is 2.29. The van der Waals surface area contributed by atoms with E-state index in [1.165, 1.54) is 12.8 Å². The minimum atomic E-state index is 0.0361. The Morgan fingerprint density at radius 1 is 1.23 bits per heavy atom. The van der Waals surface area contributed by atoms with Crippen molar-refractivity contribution in [2.24, 2.45) is 5.92 Å². The van der Waals surface area contributed by atoms with Gasteiger partial charge in [-0.3, -0.25) is 4.79 Å². The molecule has 2 aliphatic rings. The second-order valence-electron chi connectivity index (χ2n) is 8.42. The van der Waals surface area contributed by atoms with Crippen LogP contribution < -0.4 is 20.3 Å². The highest BCUT2D eigenvalue weighted by atomic mass is 16.5. The molecule has 2 fully saturated rings. The fourth-order valence-corrected chi connectivity index (χ4v) is 4.01. The third-order valence-corrected chi connectivity index (χ3v) is 5.83. The van der Waals surface area contributed by atoms with Crippen LogP contribution in [0.2, 0.25) is 0 Å². The van der Waals surface area contributed by atoms with E-state index in [9.17, 15) is 4.79 Å². The predicted octanol–water partition coefficient (Wildman–Crippen LogP) is 4.00. The molecule has 1 unspecified atom stereocenters. The van der Waals surface area contributed by atoms with Gasteiger partial charge in [0.1, 0.15) is 23.7 Å². The van der Waals surface area contributed by atoms with Gasteiger partial charge in [-0.05, 0) is 62.6 Å². The Kier molecular flexibility index (Phi) is 6.35. The molecule has 2 heterocycles. The van der Waals surface area contributed by atoms with Crippen molar-refractivity contribution in [1.82, 2.24) is 9.97 Å². The van der Waals surface area contributed by atoms with Crippen LogP contribution in [0.25, 0.3) is 0 Å². The number of anilines is 3. The zero-order valence-corrected chi connectivity index (χ0v) is 17.9. The Labute approximate surface area is 178 Å². The summed E-state index contributed by atoms with van der Waals surface area (Å²) in [6, 6.07) is 8.44. The summed E-state index contributed by atoms with van der Waals surface area (Å²) in [6.45, 7) is 3.94. The van der Waals surface area contributed by atoms with Crippen LogP contribution in [0.15, 0.2) is 30.6 Å². The van der Waals surface area contributed by atoms with Crippen LogP contribution in [0.3, 0.4) is 0 Å². The summed E-state index contributed by atoms with van der Waals surface area (Å²) < 4.78 is 5.36. The van der Waals surface area contributed by atoms with Gasteiger partial charge in [0.05, 0.1) is 12.8 Å². The number of aromatic nitrogens is 2. The predicted molar refractivity (Wildman–Crippen MR) is 119 cm³/mol. The second kappa shape index (κ2) is 9.32. The molecular formula is C23H31N5O2. The number of hydrogen-bond donors (Lipinski definition) is 2. The van der Waals surface area contributed by atoms with Crippen molar-refractivity contribution in [3.05, 3.63) is 36.2 Å². The molecule has 7 nitrogen and oxygen atoms in total. The lowest BCUT2D eigenvalue weighted by atomic mass is 9.93. The van der Waals surface area contributed by atoms with E-state index < -0.39 is 0 Å². The van der Waals surface area contributed by atoms with Crippen LogP contribution in [0.5, 0.6) is 5.75 Å². The number of nitrogens with one attached hydrogen (secondary N) is 2. The van der Waals surface area contributed by atoms with Gasteiger partial charge in [-0.2, -0.15) is 0 Å². The summed E-state index contributed by atoms with van der Waals surface area (Å²) >= 11 is 0. The topological polar surface area (TPSA) is 79.4 Å². The van der Waals surface area contributed by atoms with Gasteiger partial charge in [0.2, 0.25) is 5.91 Å². The average Bonchev–Trinajstić information content (AvgIpc) is 3.57. The fourth-order valence-electron chi connectivity index (χ4n) is 4.01. The molecule has 1 amide bonds. The molecule has 4 rings (SSSR count). The number of rotatable bonds is 8. The summed E-state index contributed by atoms with van der Waals surface area (Å²) in [5, 5.41) is 6.45. The maximum Gasteiger partial charge on any atom is 0.224 e. The molecule has 1 aliphatic carbocycles. The minimum absolute atomic E-state index is 0.0361. The van der Waals surface area contributed by atoms with E-state index in [0.29, 0.717) is 24.1 Å². The Bertz CT molecular complexity index is 884. The first kappa shape index (κ1) is 20.4. The number of hydrogen-bond acceptors (Lipinski definition) is 6. The molecule has 1 saturated heterocycles. The van der Waals surface area contributed by atoms with Crippen molar-refractivity contribution in [3.63, 3.8) is 0 Å². The fraction of sp³-hybridized carbons (Fsp3) is 0.522. The van der Waals surface area contributed by atoms with Gasteiger partial charge in [0.25, 0.3) is 0 Å². The van der Waals surface area contributed by atoms with E-state index in [1.54, 1.807) is 13.4 Å². The summed E-state index contributed by atoms with van der Waals surface area (Å²) in [5.41, 5.74) is 1.83. The van der Waals surface area contributed by atoms with Gasteiger partial charge in [-0.15, -0.1) is 0 Å². The van der Waals surface area contributed by atoms with Crippen LogP contribution in [-0.4, -0.2) is 42.1 Å². The van der Waals surface area contributed by atoms with Crippen molar-refractivity contribution in [1.29, 1.82) is 0 Å². The van der Waals surface area contributed by atoms with E-state index in [1.807, 2.05) is 25.1 Å². The third-order valence-electron chi connectivity index (χ3n) is 5.83. The summed E-state index contributed by atoms with van der Waals surface area (Å²) in [7, 11) is 1.62. The quantitative estimate of drug-likeness (QED) is 0.686. The van der Waals surface area contributed by atoms with Gasteiger partial charge < -0.3 is 20.3 Å². The highest BCUT2D eigenvalue weighted by Gasteiger charge is 2.24. The molecule has 1 saturated carbocycles. The molecule has 0 radical (unpaired) electrons. The molecule has 160 valence electrons. The highest BCUT2D eigenvalue weighted by molar-refractivity contribution is 5.92. The van der Waals surface area contributed by atoms with Crippen LogP contribution in [0.1, 0.15) is 44.1 Å². The van der Waals surface area contributed by atoms with E-state index in [4.69, 9.17) is 4.74 Å². The van der Waals surface area contributed by atoms with Crippen molar-refractivity contribution < 1.29 is 9.53 Å². The van der Waals surface area contributed by atoms with Crippen LogP contribution >= 0.6 is 0 Å². The number of aryl methyl sites for hydroxylation is 1. The summed E-state index contributed by atoms with van der Waals surface area (Å²) in [5.74, 6) is 3.10. The monoisotopic (exact) mass is 409 g/mol. The first-order chi connectivity index (χ1) is 14.6. The summed E-state index contributed by atoms with van der Waals surface area (Å²) in [4.78, 5) is 23.7. The molecule has 2 N–H and O–H groups in total. The van der Waals surface area contributed by atoms with Crippen molar-refractivity contribution in [2.45, 2.75) is 51.5 Å². The molecule has 30 heavy (non-hydrogen) atoms. The van der Waals surface area contributed by atoms with Gasteiger partial charge in [-0.25, -0.2) is 9.97 Å². The SMILES string of the molecule is COc1ccc(C)cc1NC(=O)CCC1CCCN(c2cc(NC3CC3)ncn2)C1. The average molecular weight is 410 g/mol. The minimum Gasteiger partial charge on any atom is -0.495 e. The second-order valence-corrected chi connectivity index (χ2v) is 8.42. The molecule has 0 spiro atoms. The van der Waals surface area contributed by atoms with E-state index >= 15 is 0 Å². The first-order valence-electron chi connectivity index (χ1n) is 10.9. The number of ether oxygens (including phenoxy) is 1. The Balaban J connectivity index is 1.30. The summed E-state index contributed by atoms with van der Waals surface area (Å²) in [6.07, 6.45) is 7.74. The maximum atomic E-state index is 12.5. The molecule has 1 atom stereocenters. The number of carbonyl (C=O) groups excluding carboxylic acids is 1. The zero-order valence-electron chi connectivity index (χ0n) is 17.9. The Hall–Kier alpha value is -2.83. The number of carbonyl (C=O) groups is 1. The number of benzene rings is 1. The Morgan fingerprint density at radius 2 is 2.10 bits per heavy atom. The molecular weight excluding hydrogens is 378 g/mol. The lowest BCUT2D eigenvalue weighted by Crippen LogP contribution is -2.36. The lowest BCUT2D eigenvalue weighted by Gasteiger charge is -2.33. The van der Waals surface area contributed by atoms with Gasteiger partial charge in [-0.1, -0.05) is 6.07 Å². The first-order valence-corrected chi connectivity index (χ1v) is 10.9. The normalized spacial score (nSPS) is 18.7. The zero-order chi connectivity index (χ0) is 20.9. The van der Waals surface area contributed by atoms with Gasteiger partial charge in [0, 0.05) is 31.6 Å². The van der Waals surface area contributed by atoms with Gasteiger partial charge in [0.15, 0.2) is 0 Å².